The number of amides is 3. The van der Waals surface area contributed by atoms with Gasteiger partial charge in [0.25, 0.3) is 5.91 Å². The number of urea groups is 1. The Morgan fingerprint density at radius 3 is 2.35 bits per heavy atom. The summed E-state index contributed by atoms with van der Waals surface area (Å²) in [5, 5.41) is 6.29. The number of piperidine rings is 1. The molecular weight excluding hydrogens is 511 g/mol. The smallest absolute Gasteiger partial charge is 0.417 e. The highest BCUT2D eigenvalue weighted by Gasteiger charge is 2.33. The first-order valence-electron chi connectivity index (χ1n) is 11.4. The number of rotatable bonds is 6. The maximum absolute atomic E-state index is 13.1. The molecule has 0 aliphatic carbocycles. The van der Waals surface area contributed by atoms with E-state index < -0.39 is 22.8 Å². The molecule has 0 bridgehead atoms. The monoisotopic (exact) mass is 533 g/mol. The summed E-state index contributed by atoms with van der Waals surface area (Å²) >= 11 is 5.61. The van der Waals surface area contributed by atoms with Gasteiger partial charge in [-0.25, -0.2) is 9.80 Å². The second-order valence-electron chi connectivity index (χ2n) is 8.27. The number of pyridine rings is 1. The molecule has 0 atom stereocenters. The molecule has 0 unspecified atom stereocenters. The van der Waals surface area contributed by atoms with Crippen molar-refractivity contribution in [3.05, 3.63) is 77.1 Å². The molecule has 1 fully saturated rings. The summed E-state index contributed by atoms with van der Waals surface area (Å²) in [7, 11) is 0. The largest absolute Gasteiger partial charge is 0.457 e. The van der Waals surface area contributed by atoms with E-state index in [0.29, 0.717) is 17.2 Å². The highest BCUT2D eigenvalue weighted by Crippen LogP contribution is 2.36. The maximum atomic E-state index is 13.1. The van der Waals surface area contributed by atoms with Gasteiger partial charge in [0.2, 0.25) is 0 Å². The number of hydrazine groups is 1. The van der Waals surface area contributed by atoms with Crippen molar-refractivity contribution in [2.75, 3.05) is 23.7 Å². The molecular formula is C25H23ClF3N5O3. The standard InChI is InChI=1S/C25H23ClF3N5O3/c26-21-8-7-17(14-20(21)25(27,28)29)32-24(36)31-16-5-4-6-18(13-16)37-19-9-10-30-22(15-19)23(35)33-34-11-2-1-3-12-34/h4-10,13-15H,1-3,11-12H2,(H,33,35)(H2,31,32,36). The first-order valence-corrected chi connectivity index (χ1v) is 11.8. The number of hydrogen-bond acceptors (Lipinski definition) is 5. The van der Waals surface area contributed by atoms with E-state index in [1.165, 1.54) is 24.4 Å². The van der Waals surface area contributed by atoms with Gasteiger partial charge >= 0.3 is 12.2 Å². The zero-order chi connectivity index (χ0) is 26.4. The van der Waals surface area contributed by atoms with Gasteiger partial charge < -0.3 is 15.4 Å². The molecule has 3 amide bonds. The van der Waals surface area contributed by atoms with Gasteiger partial charge in [-0.05, 0) is 49.2 Å². The first-order chi connectivity index (χ1) is 17.7. The molecule has 0 radical (unpaired) electrons. The lowest BCUT2D eigenvalue weighted by Gasteiger charge is -2.26. The van der Waals surface area contributed by atoms with Gasteiger partial charge in [-0.2, -0.15) is 13.2 Å². The maximum Gasteiger partial charge on any atom is 0.417 e. The van der Waals surface area contributed by atoms with Crippen molar-refractivity contribution in [3.63, 3.8) is 0 Å². The number of hydrogen-bond donors (Lipinski definition) is 3. The van der Waals surface area contributed by atoms with Crippen LogP contribution < -0.4 is 20.8 Å². The molecule has 4 rings (SSSR count). The van der Waals surface area contributed by atoms with Crippen LogP contribution in [0.3, 0.4) is 0 Å². The highest BCUT2D eigenvalue weighted by molar-refractivity contribution is 6.31. The van der Waals surface area contributed by atoms with Gasteiger partial charge in [0.1, 0.15) is 17.2 Å². The average molecular weight is 534 g/mol. The van der Waals surface area contributed by atoms with E-state index in [9.17, 15) is 22.8 Å². The molecule has 2 heterocycles. The molecule has 1 aliphatic rings. The molecule has 3 aromatic rings. The van der Waals surface area contributed by atoms with Crippen molar-refractivity contribution in [2.45, 2.75) is 25.4 Å². The van der Waals surface area contributed by atoms with Crippen LogP contribution in [-0.2, 0) is 6.18 Å². The number of aromatic nitrogens is 1. The molecule has 8 nitrogen and oxygen atoms in total. The third-order valence-corrected chi connectivity index (χ3v) is 5.77. The molecule has 2 aromatic carbocycles. The van der Waals surface area contributed by atoms with Crippen LogP contribution in [0.2, 0.25) is 5.02 Å². The van der Waals surface area contributed by atoms with Gasteiger partial charge in [0.15, 0.2) is 0 Å². The SMILES string of the molecule is O=C(Nc1cccc(Oc2ccnc(C(=O)NN3CCCCC3)c2)c1)Nc1ccc(Cl)c(C(F)(F)F)c1. The summed E-state index contributed by atoms with van der Waals surface area (Å²) in [6.07, 6.45) is -0.0139. The van der Waals surface area contributed by atoms with E-state index in [4.69, 9.17) is 16.3 Å². The third kappa shape index (κ3) is 7.34. The Labute approximate surface area is 215 Å². The summed E-state index contributed by atoms with van der Waals surface area (Å²) < 4.78 is 45.0. The summed E-state index contributed by atoms with van der Waals surface area (Å²) in [6.45, 7) is 1.58. The van der Waals surface area contributed by atoms with Gasteiger partial charge in [-0.15, -0.1) is 0 Å². The predicted molar refractivity (Wildman–Crippen MR) is 133 cm³/mol. The number of carbonyl (C=O) groups excluding carboxylic acids is 2. The molecule has 0 spiro atoms. The number of halogens is 4. The second kappa shape index (κ2) is 11.5. The zero-order valence-corrected chi connectivity index (χ0v) is 20.2. The third-order valence-electron chi connectivity index (χ3n) is 5.44. The number of nitrogens with one attached hydrogen (secondary N) is 3. The van der Waals surface area contributed by atoms with Crippen LogP contribution in [0.4, 0.5) is 29.3 Å². The van der Waals surface area contributed by atoms with E-state index >= 15 is 0 Å². The van der Waals surface area contributed by atoms with Crippen molar-refractivity contribution < 1.29 is 27.5 Å². The van der Waals surface area contributed by atoms with Crippen LogP contribution in [0.25, 0.3) is 0 Å². The topological polar surface area (TPSA) is 95.6 Å². The molecule has 3 N–H and O–H groups in total. The van der Waals surface area contributed by atoms with E-state index in [-0.39, 0.29) is 17.3 Å². The Morgan fingerprint density at radius 2 is 1.62 bits per heavy atom. The summed E-state index contributed by atoms with van der Waals surface area (Å²) in [5.74, 6) is 0.383. The summed E-state index contributed by atoms with van der Waals surface area (Å²) in [5.41, 5.74) is 2.24. The van der Waals surface area contributed by atoms with Crippen molar-refractivity contribution in [2.24, 2.45) is 0 Å². The number of alkyl halides is 3. The number of nitrogens with zero attached hydrogens (tertiary/aromatic N) is 2. The van der Waals surface area contributed by atoms with Gasteiger partial charge in [-0.1, -0.05) is 24.1 Å². The van der Waals surface area contributed by atoms with Crippen molar-refractivity contribution in [3.8, 4) is 11.5 Å². The molecule has 1 saturated heterocycles. The number of ether oxygens (including phenoxy) is 1. The molecule has 1 aromatic heterocycles. The highest BCUT2D eigenvalue weighted by atomic mass is 35.5. The second-order valence-corrected chi connectivity index (χ2v) is 8.67. The quantitative estimate of drug-likeness (QED) is 0.344. The fourth-order valence-electron chi connectivity index (χ4n) is 3.69. The van der Waals surface area contributed by atoms with Crippen molar-refractivity contribution in [1.82, 2.24) is 15.4 Å². The first kappa shape index (κ1) is 26.2. The van der Waals surface area contributed by atoms with Crippen LogP contribution >= 0.6 is 11.6 Å². The fraction of sp³-hybridized carbons (Fsp3) is 0.240. The Kier molecular flexibility index (Phi) is 8.14. The molecule has 12 heteroatoms. The minimum Gasteiger partial charge on any atom is -0.457 e. The van der Waals surface area contributed by atoms with Gasteiger partial charge in [0, 0.05) is 42.8 Å². The van der Waals surface area contributed by atoms with Crippen LogP contribution in [0.15, 0.2) is 60.8 Å². The van der Waals surface area contributed by atoms with E-state index in [2.05, 4.69) is 21.0 Å². The van der Waals surface area contributed by atoms with Gasteiger partial charge in [0.05, 0.1) is 10.6 Å². The average Bonchev–Trinajstić information content (AvgIpc) is 2.85. The Hall–Kier alpha value is -3.83. The Bertz CT molecular complexity index is 1280. The minimum absolute atomic E-state index is 0.0752. The molecule has 37 heavy (non-hydrogen) atoms. The van der Waals surface area contributed by atoms with Crippen molar-refractivity contribution in [1.29, 1.82) is 0 Å². The number of benzene rings is 2. The lowest BCUT2D eigenvalue weighted by atomic mass is 10.2. The summed E-state index contributed by atoms with van der Waals surface area (Å²) in [6, 6.07) is 11.8. The van der Waals surface area contributed by atoms with Gasteiger partial charge in [-0.3, -0.25) is 15.2 Å². The van der Waals surface area contributed by atoms with Crippen LogP contribution in [0, 0.1) is 0 Å². The van der Waals surface area contributed by atoms with E-state index in [1.54, 1.807) is 24.3 Å². The zero-order valence-electron chi connectivity index (χ0n) is 19.4. The normalized spacial score (nSPS) is 14.1. The molecule has 0 saturated carbocycles. The van der Waals surface area contributed by atoms with E-state index in [1.807, 2.05) is 5.01 Å². The lowest BCUT2D eigenvalue weighted by Crippen LogP contribution is -2.45. The molecule has 1 aliphatic heterocycles. The predicted octanol–water partition coefficient (Wildman–Crippen LogP) is 6.32. The number of carbonyl (C=O) groups is 2. The number of anilines is 2. The summed E-state index contributed by atoms with van der Waals surface area (Å²) in [4.78, 5) is 29.0. The Balaban J connectivity index is 1.38. The fourth-order valence-corrected chi connectivity index (χ4v) is 3.92. The molecule has 194 valence electrons. The van der Waals surface area contributed by atoms with Crippen LogP contribution in [0.1, 0.15) is 35.3 Å². The van der Waals surface area contributed by atoms with E-state index in [0.717, 1.165) is 44.5 Å². The van der Waals surface area contributed by atoms with Crippen molar-refractivity contribution >= 4 is 34.9 Å². The Morgan fingerprint density at radius 1 is 0.919 bits per heavy atom. The lowest BCUT2D eigenvalue weighted by molar-refractivity contribution is -0.137. The van der Waals surface area contributed by atoms with Crippen LogP contribution in [0.5, 0.6) is 11.5 Å². The minimum atomic E-state index is -4.65. The van der Waals surface area contributed by atoms with Crippen LogP contribution in [-0.4, -0.2) is 35.0 Å².